The molecule has 1 heterocycles. The third kappa shape index (κ3) is 6.96. The minimum atomic E-state index is -3.92. The first kappa shape index (κ1) is 27.3. The van der Waals surface area contributed by atoms with Crippen molar-refractivity contribution >= 4 is 38.6 Å². The Balaban J connectivity index is 1.49. The fourth-order valence-corrected chi connectivity index (χ4v) is 5.22. The van der Waals surface area contributed by atoms with Crippen LogP contribution >= 0.6 is 0 Å². The van der Waals surface area contributed by atoms with E-state index >= 15 is 0 Å². The van der Waals surface area contributed by atoms with Crippen LogP contribution in [0.25, 0.3) is 4.91 Å². The van der Waals surface area contributed by atoms with E-state index in [4.69, 9.17) is 5.73 Å². The molecule has 10 nitrogen and oxygen atoms in total. The Morgan fingerprint density at radius 1 is 0.769 bits per heavy atom. The van der Waals surface area contributed by atoms with Crippen molar-refractivity contribution in [3.8, 4) is 0 Å². The number of sulfonamides is 1. The average Bonchev–Trinajstić information content (AvgIpc) is 3.20. The van der Waals surface area contributed by atoms with Crippen LogP contribution in [0.3, 0.4) is 0 Å². The summed E-state index contributed by atoms with van der Waals surface area (Å²) in [7, 11) is -3.92. The topological polar surface area (TPSA) is 165 Å². The number of nitrogens with one attached hydrogen (secondary N) is 3. The summed E-state index contributed by atoms with van der Waals surface area (Å²) in [6.07, 6.45) is 1.20. The minimum Gasteiger partial charge on any atom is -0.368 e. The first-order valence-electron chi connectivity index (χ1n) is 12.0. The van der Waals surface area contributed by atoms with Crippen LogP contribution in [0.15, 0.2) is 91.0 Å². The highest BCUT2D eigenvalue weighted by Gasteiger charge is 2.29. The van der Waals surface area contributed by atoms with Gasteiger partial charge in [0.2, 0.25) is 11.8 Å². The molecule has 39 heavy (non-hydrogen) atoms. The molecule has 0 spiro atoms. The molecule has 0 bridgehead atoms. The molecule has 0 saturated heterocycles. The third-order valence-electron chi connectivity index (χ3n) is 6.07. The summed E-state index contributed by atoms with van der Waals surface area (Å²) in [4.78, 5) is 49.7. The Morgan fingerprint density at radius 3 is 1.90 bits per heavy atom. The molecular formula is C28H26N4O6S. The van der Waals surface area contributed by atoms with Crippen molar-refractivity contribution in [2.24, 2.45) is 5.73 Å². The van der Waals surface area contributed by atoms with Crippen LogP contribution < -0.4 is 21.1 Å². The normalized spacial score (nSPS) is 15.4. The molecule has 0 aromatic heterocycles. The van der Waals surface area contributed by atoms with Gasteiger partial charge < -0.3 is 16.4 Å². The van der Waals surface area contributed by atoms with Crippen molar-refractivity contribution < 1.29 is 27.6 Å². The van der Waals surface area contributed by atoms with Gasteiger partial charge in [-0.3, -0.25) is 19.2 Å². The van der Waals surface area contributed by atoms with Gasteiger partial charge in [-0.05, 0) is 28.8 Å². The van der Waals surface area contributed by atoms with Crippen LogP contribution in [0.1, 0.15) is 27.0 Å². The maximum absolute atomic E-state index is 13.3. The van der Waals surface area contributed by atoms with Crippen molar-refractivity contribution in [3.05, 3.63) is 113 Å². The summed E-state index contributed by atoms with van der Waals surface area (Å²) in [6.45, 7) is 0. The van der Waals surface area contributed by atoms with Gasteiger partial charge in [-0.25, -0.2) is 13.1 Å². The molecule has 0 radical (unpaired) electrons. The number of carbonyl (C=O) groups is 4. The van der Waals surface area contributed by atoms with Gasteiger partial charge in [0, 0.05) is 24.5 Å². The van der Waals surface area contributed by atoms with E-state index in [2.05, 4.69) is 10.6 Å². The molecule has 1 aliphatic rings. The van der Waals surface area contributed by atoms with Crippen molar-refractivity contribution in [2.75, 3.05) is 0 Å². The van der Waals surface area contributed by atoms with Gasteiger partial charge in [-0.15, -0.1) is 0 Å². The van der Waals surface area contributed by atoms with Gasteiger partial charge in [0.25, 0.3) is 21.8 Å². The summed E-state index contributed by atoms with van der Waals surface area (Å²) in [5.41, 5.74) is 7.65. The molecule has 3 aromatic carbocycles. The summed E-state index contributed by atoms with van der Waals surface area (Å²) in [6, 6.07) is 21.6. The lowest BCUT2D eigenvalue weighted by Gasteiger charge is -2.22. The molecule has 11 heteroatoms. The van der Waals surface area contributed by atoms with E-state index in [0.29, 0.717) is 16.7 Å². The van der Waals surface area contributed by atoms with Crippen LogP contribution in [-0.2, 0) is 37.2 Å². The second-order valence-corrected chi connectivity index (χ2v) is 10.6. The number of rotatable bonds is 10. The fourth-order valence-electron chi connectivity index (χ4n) is 4.08. The third-order valence-corrected chi connectivity index (χ3v) is 7.47. The van der Waals surface area contributed by atoms with E-state index in [0.717, 1.165) is 11.6 Å². The quantitative estimate of drug-likeness (QED) is 0.297. The molecular weight excluding hydrogens is 520 g/mol. The van der Waals surface area contributed by atoms with E-state index in [1.807, 2.05) is 35.1 Å². The Morgan fingerprint density at radius 2 is 1.33 bits per heavy atom. The van der Waals surface area contributed by atoms with Crippen molar-refractivity contribution in [3.63, 3.8) is 0 Å². The lowest BCUT2D eigenvalue weighted by atomic mass is 10.0. The number of hydrogen-bond donors (Lipinski definition) is 4. The van der Waals surface area contributed by atoms with Crippen molar-refractivity contribution in [1.29, 1.82) is 0 Å². The molecule has 5 N–H and O–H groups in total. The molecule has 4 rings (SSSR count). The molecule has 0 aliphatic carbocycles. The van der Waals surface area contributed by atoms with Crippen LogP contribution in [-0.4, -0.2) is 44.1 Å². The molecule has 200 valence electrons. The highest BCUT2D eigenvalue weighted by Crippen LogP contribution is 2.24. The van der Waals surface area contributed by atoms with Crippen molar-refractivity contribution in [1.82, 2.24) is 15.4 Å². The van der Waals surface area contributed by atoms with Crippen LogP contribution in [0.5, 0.6) is 0 Å². The zero-order valence-corrected chi connectivity index (χ0v) is 21.5. The van der Waals surface area contributed by atoms with Gasteiger partial charge in [-0.2, -0.15) is 0 Å². The standard InChI is InChI=1S/C28H26N4O6S/c29-26(34)22(15-19-11-13-20(14-12-19)24-17-25(33)32-39(24,37)38)30-28(36)23(16-18-7-3-1-4-8-18)31-27(35)21-9-5-2-6-10-21/h1-14,17,22-23H,15-16H2,(H2,29,34)(H,30,36)(H,31,35)(H,32,33)/t22-,23-/m0/s1. The number of amides is 4. The Labute approximate surface area is 225 Å². The van der Waals surface area contributed by atoms with Gasteiger partial charge in [-0.1, -0.05) is 72.8 Å². The number of primary amides is 1. The fraction of sp³-hybridized carbons (Fsp3) is 0.143. The summed E-state index contributed by atoms with van der Waals surface area (Å²) in [5.74, 6) is -2.54. The van der Waals surface area contributed by atoms with E-state index in [9.17, 15) is 27.6 Å². The molecule has 0 unspecified atom stereocenters. The number of hydrogen-bond acceptors (Lipinski definition) is 6. The highest BCUT2D eigenvalue weighted by atomic mass is 32.2. The second-order valence-electron chi connectivity index (χ2n) is 8.92. The second kappa shape index (κ2) is 11.7. The molecule has 0 saturated carbocycles. The SMILES string of the molecule is NC(=O)[C@H](Cc1ccc(C2=CC(=O)NS2(=O)=O)cc1)NC(=O)[C@H](Cc1ccccc1)NC(=O)c1ccccc1. The maximum atomic E-state index is 13.3. The first-order chi connectivity index (χ1) is 18.6. The molecule has 0 fully saturated rings. The van der Waals surface area contributed by atoms with Crippen LogP contribution in [0, 0.1) is 0 Å². The number of benzene rings is 3. The maximum Gasteiger partial charge on any atom is 0.265 e. The van der Waals surface area contributed by atoms with E-state index in [1.54, 1.807) is 42.5 Å². The predicted molar refractivity (Wildman–Crippen MR) is 144 cm³/mol. The Hall–Kier alpha value is -4.77. The van der Waals surface area contributed by atoms with E-state index in [-0.39, 0.29) is 17.7 Å². The molecule has 4 amide bonds. The van der Waals surface area contributed by atoms with Crippen LogP contribution in [0.4, 0.5) is 0 Å². The molecule has 2 atom stereocenters. The number of nitrogens with two attached hydrogens (primary N) is 1. The van der Waals surface area contributed by atoms with E-state index in [1.165, 1.54) is 12.1 Å². The summed E-state index contributed by atoms with van der Waals surface area (Å²) in [5, 5.41) is 5.38. The lowest BCUT2D eigenvalue weighted by Crippen LogP contribution is -2.54. The Kier molecular flexibility index (Phi) is 8.21. The zero-order valence-electron chi connectivity index (χ0n) is 20.7. The molecule has 1 aliphatic heterocycles. The number of carbonyl (C=O) groups excluding carboxylic acids is 4. The molecule has 3 aromatic rings. The van der Waals surface area contributed by atoms with Gasteiger partial charge in [0.05, 0.1) is 0 Å². The summed E-state index contributed by atoms with van der Waals surface area (Å²) >= 11 is 0. The van der Waals surface area contributed by atoms with Crippen molar-refractivity contribution in [2.45, 2.75) is 24.9 Å². The predicted octanol–water partition coefficient (Wildman–Crippen LogP) is 1.04. The zero-order chi connectivity index (χ0) is 28.0. The largest absolute Gasteiger partial charge is 0.368 e. The van der Waals surface area contributed by atoms with Gasteiger partial charge in [0.15, 0.2) is 0 Å². The monoisotopic (exact) mass is 546 g/mol. The Bertz CT molecular complexity index is 1520. The van der Waals surface area contributed by atoms with E-state index < -0.39 is 45.7 Å². The van der Waals surface area contributed by atoms with Crippen LogP contribution in [0.2, 0.25) is 0 Å². The average molecular weight is 547 g/mol. The van der Waals surface area contributed by atoms with Gasteiger partial charge >= 0.3 is 0 Å². The summed E-state index contributed by atoms with van der Waals surface area (Å²) < 4.78 is 26.0. The minimum absolute atomic E-state index is 0.0228. The highest BCUT2D eigenvalue weighted by molar-refractivity contribution is 7.99. The lowest BCUT2D eigenvalue weighted by molar-refractivity contribution is -0.128. The first-order valence-corrected chi connectivity index (χ1v) is 13.5. The smallest absolute Gasteiger partial charge is 0.265 e. The van der Waals surface area contributed by atoms with Gasteiger partial charge in [0.1, 0.15) is 17.0 Å².